The minimum Gasteiger partial charge on any atom is -0.480 e. The van der Waals surface area contributed by atoms with Crippen LogP contribution in [-0.4, -0.2) is 228 Å². The van der Waals surface area contributed by atoms with Gasteiger partial charge in [0.2, 0.25) is 23.5 Å². The van der Waals surface area contributed by atoms with Crippen molar-refractivity contribution in [3.05, 3.63) is 145 Å². The fraction of sp³-hybridized carbons (Fsp3) is 0.333. The topological polar surface area (TPSA) is 503 Å². The summed E-state index contributed by atoms with van der Waals surface area (Å²) in [6.45, 7) is 0. The van der Waals surface area contributed by atoms with E-state index in [1.54, 1.807) is 120 Å². The minimum absolute atomic E-state index is 0.229. The van der Waals surface area contributed by atoms with Gasteiger partial charge in [-0.05, 0) is 99.9 Å². The lowest BCUT2D eigenvalue weighted by molar-refractivity contribution is 0.0448. The molecule has 0 radical (unpaired) electrons. The van der Waals surface area contributed by atoms with Crippen molar-refractivity contribution in [3.63, 3.8) is 0 Å². The van der Waals surface area contributed by atoms with Crippen LogP contribution in [0.4, 0.5) is 69.3 Å². The number of nitrogens with one attached hydrogen (secondary N) is 12. The highest BCUT2D eigenvalue weighted by molar-refractivity contribution is 6.03. The molecule has 16 N–H and O–H groups in total. The smallest absolute Gasteiger partial charge is 0.257 e. The van der Waals surface area contributed by atoms with Crippen molar-refractivity contribution >= 4 is 116 Å². The molecular formula is C72H84N28O12. The predicted molar refractivity (Wildman–Crippen MR) is 412 cm³/mol. The summed E-state index contributed by atoms with van der Waals surface area (Å²) in [5.41, 5.74) is 5.47. The van der Waals surface area contributed by atoms with E-state index in [1.165, 1.54) is 53.2 Å². The van der Waals surface area contributed by atoms with Crippen molar-refractivity contribution in [2.24, 2.45) is 0 Å². The van der Waals surface area contributed by atoms with E-state index >= 15 is 0 Å². The molecule has 4 amide bonds. The van der Waals surface area contributed by atoms with Crippen molar-refractivity contribution < 1.29 is 58.6 Å². The number of anilines is 12. The Morgan fingerprint density at radius 2 is 0.562 bits per heavy atom. The highest BCUT2D eigenvalue weighted by Gasteiger charge is 2.35. The number of rotatable bonds is 24. The number of fused-ring (bicyclic) bond motifs is 4. The Morgan fingerprint density at radius 1 is 0.348 bits per heavy atom. The van der Waals surface area contributed by atoms with Crippen LogP contribution < -0.4 is 82.7 Å². The van der Waals surface area contributed by atoms with Gasteiger partial charge in [0.15, 0.2) is 22.6 Å². The van der Waals surface area contributed by atoms with Crippen LogP contribution in [0.25, 0.3) is 22.6 Å². The second-order valence-corrected chi connectivity index (χ2v) is 25.9. The lowest BCUT2D eigenvalue weighted by Gasteiger charge is -2.32. The summed E-state index contributed by atoms with van der Waals surface area (Å²) < 4.78 is 27.2. The first-order valence-electron chi connectivity index (χ1n) is 35.7. The number of ether oxygens (including phenoxy) is 4. The summed E-state index contributed by atoms with van der Waals surface area (Å²) in [6.07, 6.45) is 16.2. The number of aromatic nitrogens is 16. The minimum atomic E-state index is -0.498. The molecule has 0 bridgehead atoms. The van der Waals surface area contributed by atoms with Crippen LogP contribution in [-0.2, 0) is 0 Å². The van der Waals surface area contributed by atoms with Gasteiger partial charge in [-0.2, -0.15) is 38.5 Å². The van der Waals surface area contributed by atoms with E-state index in [2.05, 4.69) is 124 Å². The van der Waals surface area contributed by atoms with Gasteiger partial charge in [0.25, 0.3) is 23.6 Å². The van der Waals surface area contributed by atoms with Crippen molar-refractivity contribution in [1.29, 1.82) is 0 Å². The zero-order chi connectivity index (χ0) is 78.7. The van der Waals surface area contributed by atoms with Crippen LogP contribution >= 0.6 is 0 Å². The molecule has 8 atom stereocenters. The molecule has 4 aliphatic carbocycles. The monoisotopic (exact) mass is 1530 g/mol. The quantitative estimate of drug-likeness (QED) is 0.0390. The largest absolute Gasteiger partial charge is 0.480 e. The first kappa shape index (κ1) is 76.6. The lowest BCUT2D eigenvalue weighted by atomic mass is 9.89. The SMILES string of the molecule is CNc1cc(Nc2cccnc2OC)nc2c(C(=O)NC3CC[C@H]3O)cnn12.CNc1cc(Nc2cccnc2OC)nc2c(C(=O)NC3CC[C@H]3O)cnn12.CNc1cc(Nc2cccnc2OC)nc2c(C(=O)N[C@@H]3CC[C@@H]3O)cnn12.CNc1cc(Nc2cccnc2OC)nc2c(C(=O)N[C@H]3CC[C@H]3O)cnn12. The average Bonchev–Trinajstić information content (AvgIpc) is 1.63. The molecule has 584 valence electrons. The molecule has 4 saturated carbocycles. The van der Waals surface area contributed by atoms with Crippen molar-refractivity contribution in [3.8, 4) is 23.5 Å². The summed E-state index contributed by atoms with van der Waals surface area (Å²) in [5, 5.41) is 92.1. The van der Waals surface area contributed by atoms with Crippen LogP contribution in [0.1, 0.15) is 92.8 Å². The number of carbonyl (C=O) groups is 4. The standard InChI is InChI=1S/4C18H21N7O3/c4*1-19-15-8-14(22-12-4-3-7-20-18(12)28-2)24-16-10(9-21-25(15)16)17(27)23-11-5-6-13(11)26/h4*3-4,7-9,11,13,19,26H,5-6H2,1-2H3,(H,22,24)(H,23,27)/t2*11?,13-;2*11-,13+/m1110/s1. The molecule has 0 aromatic carbocycles. The molecule has 40 nitrogen and oxygen atoms in total. The van der Waals surface area contributed by atoms with Gasteiger partial charge in [0, 0.05) is 77.2 Å². The zero-order valence-electron chi connectivity index (χ0n) is 62.0. The van der Waals surface area contributed by atoms with Gasteiger partial charge in [0.05, 0.1) is 102 Å². The fourth-order valence-corrected chi connectivity index (χ4v) is 12.2. The average molecular weight is 1530 g/mol. The highest BCUT2D eigenvalue weighted by Crippen LogP contribution is 2.33. The van der Waals surface area contributed by atoms with E-state index in [9.17, 15) is 39.6 Å². The number of methoxy groups -OCH3 is 4. The molecule has 4 fully saturated rings. The first-order chi connectivity index (χ1) is 54.4. The van der Waals surface area contributed by atoms with Crippen molar-refractivity contribution in [2.45, 2.75) is 99.9 Å². The zero-order valence-corrected chi connectivity index (χ0v) is 62.0. The van der Waals surface area contributed by atoms with Crippen molar-refractivity contribution in [2.75, 3.05) is 99.2 Å². The maximum atomic E-state index is 12.7. The van der Waals surface area contributed by atoms with Crippen LogP contribution in [0.2, 0.25) is 0 Å². The molecule has 12 aromatic heterocycles. The molecule has 2 unspecified atom stereocenters. The molecule has 40 heteroatoms. The molecule has 112 heavy (non-hydrogen) atoms. The Hall–Kier alpha value is -13.6. The van der Waals surface area contributed by atoms with E-state index in [1.807, 2.05) is 24.3 Å². The summed E-state index contributed by atoms with van der Waals surface area (Å²) in [5.74, 6) is 5.07. The predicted octanol–water partition coefficient (Wildman–Crippen LogP) is 4.69. The maximum absolute atomic E-state index is 12.7. The van der Waals surface area contributed by atoms with Crippen LogP contribution in [0.3, 0.4) is 0 Å². The fourth-order valence-electron chi connectivity index (χ4n) is 12.2. The number of hydrogen-bond donors (Lipinski definition) is 16. The van der Waals surface area contributed by atoms with Gasteiger partial charge < -0.3 is 103 Å². The number of aliphatic hydroxyl groups excluding tert-OH is 4. The normalized spacial score (nSPS) is 18.4. The van der Waals surface area contributed by atoms with Gasteiger partial charge in [-0.15, -0.1) is 0 Å². The second kappa shape index (κ2) is 34.3. The third-order valence-electron chi connectivity index (χ3n) is 19.0. The van der Waals surface area contributed by atoms with Gasteiger partial charge in [-0.25, -0.2) is 39.9 Å². The Bertz CT molecular complexity index is 4730. The Labute approximate surface area is 638 Å². The number of pyridine rings is 4. The number of amides is 4. The van der Waals surface area contributed by atoms with Gasteiger partial charge in [-0.3, -0.25) is 19.2 Å². The molecule has 0 aliphatic heterocycles. The molecule has 0 saturated heterocycles. The van der Waals surface area contributed by atoms with E-state index in [4.69, 9.17) is 18.9 Å². The molecular weight excluding hydrogens is 1450 g/mol. The molecule has 12 aromatic rings. The molecule has 0 spiro atoms. The van der Waals surface area contributed by atoms with Crippen LogP contribution in [0, 0.1) is 0 Å². The number of carbonyl (C=O) groups excluding carboxylic acids is 4. The van der Waals surface area contributed by atoms with E-state index in [0.717, 1.165) is 25.7 Å². The molecule has 4 aliphatic rings. The maximum Gasteiger partial charge on any atom is 0.257 e. The van der Waals surface area contributed by atoms with Gasteiger partial charge in [-0.1, -0.05) is 0 Å². The van der Waals surface area contributed by atoms with Crippen LogP contribution in [0.5, 0.6) is 23.5 Å². The third-order valence-corrected chi connectivity index (χ3v) is 19.0. The summed E-state index contributed by atoms with van der Waals surface area (Å²) >= 11 is 0. The molecule has 16 rings (SSSR count). The second-order valence-electron chi connectivity index (χ2n) is 25.9. The first-order valence-corrected chi connectivity index (χ1v) is 35.7. The Balaban J connectivity index is 0.000000131. The number of aliphatic hydroxyl groups is 4. The van der Waals surface area contributed by atoms with Crippen molar-refractivity contribution in [1.82, 2.24) is 99.6 Å². The van der Waals surface area contributed by atoms with Crippen LogP contribution in [0.15, 0.2) is 122 Å². The summed E-state index contributed by atoms with van der Waals surface area (Å²) in [7, 11) is 13.2. The van der Waals surface area contributed by atoms with Gasteiger partial charge >= 0.3 is 0 Å². The van der Waals surface area contributed by atoms with E-state index in [0.29, 0.717) is 163 Å². The third kappa shape index (κ3) is 16.5. The molecule has 12 heterocycles. The number of nitrogens with zero attached hydrogens (tertiary/aromatic N) is 16. The number of hydrogen-bond acceptors (Lipinski definition) is 32. The summed E-state index contributed by atoms with van der Waals surface area (Å²) in [4.78, 5) is 85.4. The van der Waals surface area contributed by atoms with E-state index < -0.39 is 24.4 Å². The van der Waals surface area contributed by atoms with E-state index in [-0.39, 0.29) is 47.8 Å². The highest BCUT2D eigenvalue weighted by atomic mass is 16.5. The Morgan fingerprint density at radius 3 is 0.732 bits per heavy atom. The van der Waals surface area contributed by atoms with Gasteiger partial charge in [0.1, 0.15) is 91.5 Å². The Kier molecular flexibility index (Phi) is 23.5. The summed E-state index contributed by atoms with van der Waals surface area (Å²) in [6, 6.07) is 20.6. The lowest BCUT2D eigenvalue weighted by Crippen LogP contribution is -2.50.